The highest BCUT2D eigenvalue weighted by Crippen LogP contribution is 2.06. The van der Waals surface area contributed by atoms with Gasteiger partial charge in [0.05, 0.1) is 5.69 Å². The lowest BCUT2D eigenvalue weighted by molar-refractivity contribution is 0.506. The summed E-state index contributed by atoms with van der Waals surface area (Å²) in [5, 5.41) is 14.4. The molecule has 0 radical (unpaired) electrons. The van der Waals surface area contributed by atoms with E-state index >= 15 is 0 Å². The summed E-state index contributed by atoms with van der Waals surface area (Å²) in [5.74, 6) is -0.0897. The molecule has 0 saturated carbocycles. The number of hydrogen-bond acceptors (Lipinski definition) is 4. The number of aliphatic hydroxyl groups excluding tert-OH is 1. The summed E-state index contributed by atoms with van der Waals surface area (Å²) in [6, 6.07) is 10.6. The molecule has 0 spiro atoms. The van der Waals surface area contributed by atoms with Crippen molar-refractivity contribution in [2.24, 2.45) is 0 Å². The van der Waals surface area contributed by atoms with Crippen molar-refractivity contribution < 1.29 is 5.11 Å². The molecule has 1 aromatic carbocycles. The minimum Gasteiger partial charge on any atom is -0.506 e. The van der Waals surface area contributed by atoms with E-state index in [1.165, 1.54) is 10.7 Å². The maximum Gasteiger partial charge on any atom is 0.285 e. The highest BCUT2D eigenvalue weighted by atomic mass is 16.3. The lowest BCUT2D eigenvalue weighted by Gasteiger charge is -1.99. The summed E-state index contributed by atoms with van der Waals surface area (Å²) in [6.45, 7) is 1.79. The second-order valence-electron chi connectivity index (χ2n) is 4.25. The van der Waals surface area contributed by atoms with Crippen molar-refractivity contribution in [2.75, 3.05) is 0 Å². The molecule has 5 heteroatoms. The molecule has 94 valence electrons. The molecule has 1 N–H and O–H groups in total. The maximum atomic E-state index is 12.2. The molecule has 3 rings (SSSR count). The number of nitrogens with zero attached hydrogens (tertiary/aromatic N) is 3. The quantitative estimate of drug-likeness (QED) is 0.697. The van der Waals surface area contributed by atoms with E-state index in [2.05, 4.69) is 10.1 Å². The van der Waals surface area contributed by atoms with Gasteiger partial charge < -0.3 is 5.11 Å². The summed E-state index contributed by atoms with van der Waals surface area (Å²) in [4.78, 5) is 16.4. The molecule has 0 amide bonds. The summed E-state index contributed by atoms with van der Waals surface area (Å²) in [5.41, 5.74) is 1.39. The largest absolute Gasteiger partial charge is 0.506 e. The maximum absolute atomic E-state index is 12.2. The number of aromatic nitrogens is 3. The van der Waals surface area contributed by atoms with E-state index < -0.39 is 0 Å². The van der Waals surface area contributed by atoms with Gasteiger partial charge in [0.2, 0.25) is 0 Å². The highest BCUT2D eigenvalue weighted by molar-refractivity contribution is 5.57. The Hall–Kier alpha value is -2.69. The molecular weight excluding hydrogens is 242 g/mol. The van der Waals surface area contributed by atoms with Gasteiger partial charge >= 0.3 is 0 Å². The van der Waals surface area contributed by atoms with Crippen LogP contribution < -0.4 is 10.8 Å². The number of fused-ring (bicyclic) bond motifs is 1. The average molecular weight is 253 g/mol. The second-order valence-corrected chi connectivity index (χ2v) is 4.25. The molecule has 2 heterocycles. The number of rotatable bonds is 1. The van der Waals surface area contributed by atoms with Crippen molar-refractivity contribution in [2.45, 2.75) is 6.92 Å². The molecule has 0 atom stereocenters. The molecular formula is C14H11N3O2. The topological polar surface area (TPSA) is 67.5 Å². The van der Waals surface area contributed by atoms with Gasteiger partial charge in [0.25, 0.3) is 5.56 Å². The molecule has 0 bridgehead atoms. The van der Waals surface area contributed by atoms with E-state index in [9.17, 15) is 9.90 Å². The summed E-state index contributed by atoms with van der Waals surface area (Å²) < 4.78 is 1.20. The normalized spacial score (nSPS) is 12.7. The third-order valence-corrected chi connectivity index (χ3v) is 2.86. The Bertz CT molecular complexity index is 854. The van der Waals surface area contributed by atoms with Crippen molar-refractivity contribution in [1.29, 1.82) is 0 Å². The van der Waals surface area contributed by atoms with Gasteiger partial charge in [-0.15, -0.1) is 0 Å². The van der Waals surface area contributed by atoms with Gasteiger partial charge in [-0.3, -0.25) is 4.79 Å². The first-order chi connectivity index (χ1) is 9.16. The van der Waals surface area contributed by atoms with Crippen molar-refractivity contribution in [1.82, 2.24) is 14.6 Å². The summed E-state index contributed by atoms with van der Waals surface area (Å²) in [6.07, 6.45) is 1.38. The molecule has 0 fully saturated rings. The minimum atomic E-state index is -0.376. The highest BCUT2D eigenvalue weighted by Gasteiger charge is 2.07. The van der Waals surface area contributed by atoms with E-state index in [0.717, 1.165) is 0 Å². The van der Waals surface area contributed by atoms with Crippen molar-refractivity contribution in [3.63, 3.8) is 0 Å². The number of aryl methyl sites for hydroxylation is 1. The van der Waals surface area contributed by atoms with Crippen molar-refractivity contribution >= 4 is 11.4 Å². The first-order valence-electron chi connectivity index (χ1n) is 5.81. The van der Waals surface area contributed by atoms with Crippen LogP contribution in [0.4, 0.5) is 0 Å². The minimum absolute atomic E-state index is 0.0897. The Morgan fingerprint density at radius 3 is 2.74 bits per heavy atom. The molecule has 0 unspecified atom stereocenters. The van der Waals surface area contributed by atoms with Crippen LogP contribution in [0.2, 0.25) is 0 Å². The number of hydrogen-bond donors (Lipinski definition) is 1. The van der Waals surface area contributed by atoms with Gasteiger partial charge in [0, 0.05) is 17.8 Å². The lowest BCUT2D eigenvalue weighted by Crippen LogP contribution is -2.34. The molecule has 0 aliphatic carbocycles. The Kier molecular flexibility index (Phi) is 2.52. The first-order valence-corrected chi connectivity index (χ1v) is 5.81. The van der Waals surface area contributed by atoms with E-state index in [4.69, 9.17) is 0 Å². The fourth-order valence-corrected chi connectivity index (χ4v) is 1.94. The molecule has 2 aromatic heterocycles. The Morgan fingerprint density at radius 2 is 2.00 bits per heavy atom. The van der Waals surface area contributed by atoms with Crippen molar-refractivity contribution in [3.8, 4) is 0 Å². The Balaban J connectivity index is 2.37. The molecule has 3 aromatic rings. The van der Waals surface area contributed by atoms with Crippen LogP contribution in [0, 0.1) is 6.92 Å². The molecule has 0 aliphatic heterocycles. The van der Waals surface area contributed by atoms with Crippen LogP contribution in [0.3, 0.4) is 0 Å². The molecule has 5 nitrogen and oxygen atoms in total. The third kappa shape index (κ3) is 1.85. The van der Waals surface area contributed by atoms with Crippen LogP contribution in [0.5, 0.6) is 0 Å². The van der Waals surface area contributed by atoms with E-state index in [1.807, 2.05) is 6.07 Å². The SMILES string of the molecule is Cc1cc2ncc(=C(O)c3ccccc3)c(=O)n2n1. The summed E-state index contributed by atoms with van der Waals surface area (Å²) in [7, 11) is 0. The standard InChI is InChI=1S/C14H11N3O2/c1-9-7-12-15-8-11(14(19)17(12)16-9)13(18)10-5-3-2-4-6-10/h2-8,18H,1H3. The van der Waals surface area contributed by atoms with Gasteiger partial charge in [-0.2, -0.15) is 9.61 Å². The average Bonchev–Trinajstić information content (AvgIpc) is 2.81. The van der Waals surface area contributed by atoms with Crippen LogP contribution in [0.1, 0.15) is 11.3 Å². The lowest BCUT2D eigenvalue weighted by atomic mass is 10.1. The first kappa shape index (κ1) is 11.4. The van der Waals surface area contributed by atoms with Crippen LogP contribution in [0.25, 0.3) is 11.4 Å². The fourth-order valence-electron chi connectivity index (χ4n) is 1.94. The monoisotopic (exact) mass is 253 g/mol. The van der Waals surface area contributed by atoms with Gasteiger partial charge in [0.1, 0.15) is 11.0 Å². The van der Waals surface area contributed by atoms with Crippen LogP contribution in [-0.2, 0) is 0 Å². The predicted octanol–water partition coefficient (Wildman–Crippen LogP) is 0.831. The number of benzene rings is 1. The third-order valence-electron chi connectivity index (χ3n) is 2.86. The molecule has 19 heavy (non-hydrogen) atoms. The van der Waals surface area contributed by atoms with Crippen LogP contribution in [-0.4, -0.2) is 19.7 Å². The smallest absolute Gasteiger partial charge is 0.285 e. The Labute approximate surface area is 108 Å². The zero-order valence-corrected chi connectivity index (χ0v) is 10.2. The second kappa shape index (κ2) is 4.20. The predicted molar refractivity (Wildman–Crippen MR) is 70.8 cm³/mol. The van der Waals surface area contributed by atoms with E-state index in [1.54, 1.807) is 37.3 Å². The fraction of sp³-hybridized carbons (Fsp3) is 0.0714. The number of aliphatic hydroxyl groups is 1. The molecule has 0 aliphatic rings. The van der Waals surface area contributed by atoms with Crippen LogP contribution in [0.15, 0.2) is 47.4 Å². The van der Waals surface area contributed by atoms with Gasteiger partial charge in [-0.05, 0) is 6.92 Å². The summed E-state index contributed by atoms with van der Waals surface area (Å²) >= 11 is 0. The van der Waals surface area contributed by atoms with Gasteiger partial charge in [-0.25, -0.2) is 4.98 Å². The Morgan fingerprint density at radius 1 is 1.26 bits per heavy atom. The van der Waals surface area contributed by atoms with Crippen molar-refractivity contribution in [3.05, 3.63) is 69.4 Å². The van der Waals surface area contributed by atoms with Gasteiger partial charge in [-0.1, -0.05) is 30.3 Å². The zero-order valence-electron chi connectivity index (χ0n) is 10.2. The molecule has 0 saturated heterocycles. The van der Waals surface area contributed by atoms with Crippen LogP contribution >= 0.6 is 0 Å². The van der Waals surface area contributed by atoms with E-state index in [-0.39, 0.29) is 16.5 Å². The zero-order chi connectivity index (χ0) is 13.4. The van der Waals surface area contributed by atoms with E-state index in [0.29, 0.717) is 16.9 Å². The van der Waals surface area contributed by atoms with Gasteiger partial charge in [0.15, 0.2) is 5.65 Å².